The van der Waals surface area contributed by atoms with Gasteiger partial charge in [-0.15, -0.1) is 0 Å². The molecule has 55 heavy (non-hydrogen) atoms. The van der Waals surface area contributed by atoms with E-state index in [-0.39, 0.29) is 0 Å². The molecule has 260 valence electrons. The Morgan fingerprint density at radius 1 is 0.509 bits per heavy atom. The Labute approximate surface area is 324 Å². The quantitative estimate of drug-likeness (QED) is 0.126. The van der Waals surface area contributed by atoms with Crippen molar-refractivity contribution in [3.63, 3.8) is 0 Å². The molecule has 0 saturated carbocycles. The lowest BCUT2D eigenvalue weighted by Crippen LogP contribution is -2.74. The van der Waals surface area contributed by atoms with Gasteiger partial charge in [-0.25, -0.2) is 4.98 Å². The van der Waals surface area contributed by atoms with Crippen LogP contribution in [0.25, 0.3) is 60.9 Å². The lowest BCUT2D eigenvalue weighted by molar-refractivity contribution is 0.670. The average Bonchev–Trinajstić information content (AvgIpc) is 3.84. The van der Waals surface area contributed by atoms with Gasteiger partial charge in [-0.2, -0.15) is 0 Å². The number of fused-ring (bicyclic) bond motifs is 8. The van der Waals surface area contributed by atoms with Gasteiger partial charge in [0, 0.05) is 22.1 Å². The Balaban J connectivity index is 1.13. The molecule has 0 saturated heterocycles. The number of nitrogens with zero attached hydrogens (tertiary/aromatic N) is 2. The van der Waals surface area contributed by atoms with Crippen molar-refractivity contribution in [1.29, 1.82) is 0 Å². The minimum Gasteiger partial charge on any atom is -0.455 e. The van der Waals surface area contributed by atoms with Crippen LogP contribution in [0.15, 0.2) is 204 Å². The summed E-state index contributed by atoms with van der Waals surface area (Å²) in [5.41, 5.74) is 11.2. The summed E-state index contributed by atoms with van der Waals surface area (Å²) in [5, 5.41) is 8.68. The third-order valence-corrected chi connectivity index (χ3v) is 17.0. The molecule has 0 spiro atoms. The SMILES string of the molecule is c1ccc([Si](c2ccccc2)(c2cccc(-c3ccc4c(c3)-n3c(nc5ccccc53)SC4)c2)c2cccc(-c3cccc4c3oc3ccccc34)c2)cc1. The lowest BCUT2D eigenvalue weighted by atomic mass is 10.0. The first-order valence-corrected chi connectivity index (χ1v) is 21.7. The summed E-state index contributed by atoms with van der Waals surface area (Å²) in [6.07, 6.45) is 0. The van der Waals surface area contributed by atoms with Gasteiger partial charge in [0.05, 0.1) is 16.7 Å². The van der Waals surface area contributed by atoms with E-state index in [1.807, 2.05) is 17.8 Å². The van der Waals surface area contributed by atoms with Crippen LogP contribution in [0.4, 0.5) is 0 Å². The summed E-state index contributed by atoms with van der Waals surface area (Å²) >= 11 is 1.81. The number of aromatic nitrogens is 2. The Hall–Kier alpha value is -6.40. The van der Waals surface area contributed by atoms with Crippen molar-refractivity contribution in [3.8, 4) is 27.9 Å². The van der Waals surface area contributed by atoms with Gasteiger partial charge in [-0.3, -0.25) is 4.57 Å². The van der Waals surface area contributed by atoms with E-state index in [1.165, 1.54) is 43.1 Å². The summed E-state index contributed by atoms with van der Waals surface area (Å²) in [6, 6.07) is 71.2. The summed E-state index contributed by atoms with van der Waals surface area (Å²) < 4.78 is 8.91. The van der Waals surface area contributed by atoms with Crippen LogP contribution < -0.4 is 20.7 Å². The zero-order valence-corrected chi connectivity index (χ0v) is 31.7. The predicted molar refractivity (Wildman–Crippen MR) is 232 cm³/mol. The van der Waals surface area contributed by atoms with E-state index in [1.54, 1.807) is 0 Å². The minimum absolute atomic E-state index is 0.911. The second-order valence-corrected chi connectivity index (χ2v) is 19.0. The maximum absolute atomic E-state index is 6.57. The Morgan fingerprint density at radius 3 is 1.93 bits per heavy atom. The number of benzene rings is 8. The standard InChI is InChI=1S/C50H34N2OSSi/c1-3-16-38(17-4-1)55(39-18-5-2-6-19-39,41-21-12-15-36(31-41)42-23-13-24-44-43-22-7-10-27-48(43)53-49(42)44)40-20-11-14-34(30-40)35-28-29-37-33-54-50-51-45-25-8-9-26-46(45)52(50)47(37)32-35/h1-32H,33H2. The molecule has 0 atom stereocenters. The minimum atomic E-state index is -2.89. The highest BCUT2D eigenvalue weighted by Gasteiger charge is 2.42. The van der Waals surface area contributed by atoms with E-state index < -0.39 is 8.07 Å². The van der Waals surface area contributed by atoms with Gasteiger partial charge in [0.2, 0.25) is 0 Å². The van der Waals surface area contributed by atoms with Crippen molar-refractivity contribution in [2.75, 3.05) is 0 Å². The second kappa shape index (κ2) is 12.9. The summed E-state index contributed by atoms with van der Waals surface area (Å²) in [6.45, 7) is 0. The van der Waals surface area contributed by atoms with E-state index in [0.717, 1.165) is 55.0 Å². The third-order valence-electron chi connectivity index (χ3n) is 11.3. The highest BCUT2D eigenvalue weighted by molar-refractivity contribution is 7.98. The molecule has 10 aromatic rings. The molecule has 0 N–H and O–H groups in total. The number of hydrogen-bond donors (Lipinski definition) is 0. The van der Waals surface area contributed by atoms with Gasteiger partial charge in [-0.1, -0.05) is 182 Å². The van der Waals surface area contributed by atoms with Crippen molar-refractivity contribution < 1.29 is 4.42 Å². The highest BCUT2D eigenvalue weighted by atomic mass is 32.2. The number of thioether (sulfide) groups is 1. The van der Waals surface area contributed by atoms with Crippen molar-refractivity contribution in [3.05, 3.63) is 200 Å². The third kappa shape index (κ3) is 5.08. The maximum Gasteiger partial charge on any atom is 0.179 e. The van der Waals surface area contributed by atoms with Crippen molar-refractivity contribution >= 4 is 73.6 Å². The van der Waals surface area contributed by atoms with Crippen LogP contribution in [-0.4, -0.2) is 17.6 Å². The molecule has 3 heterocycles. The topological polar surface area (TPSA) is 31.0 Å². The van der Waals surface area contributed by atoms with Gasteiger partial charge in [0.15, 0.2) is 13.2 Å². The second-order valence-electron chi connectivity index (χ2n) is 14.3. The van der Waals surface area contributed by atoms with Crippen molar-refractivity contribution in [2.24, 2.45) is 0 Å². The average molecular weight is 739 g/mol. The fraction of sp³-hybridized carbons (Fsp3) is 0.0200. The van der Waals surface area contributed by atoms with E-state index in [0.29, 0.717) is 0 Å². The first-order valence-electron chi connectivity index (χ1n) is 18.7. The molecule has 0 amide bonds. The molecule has 0 unspecified atom stereocenters. The van der Waals surface area contributed by atoms with Crippen LogP contribution in [0.3, 0.4) is 0 Å². The van der Waals surface area contributed by atoms with Crippen LogP contribution in [0, 0.1) is 0 Å². The molecule has 1 aliphatic heterocycles. The lowest BCUT2D eigenvalue weighted by Gasteiger charge is -2.35. The number of rotatable bonds is 6. The Kier molecular flexibility index (Phi) is 7.51. The molecule has 0 aliphatic carbocycles. The Bertz CT molecular complexity index is 3020. The molecular formula is C50H34N2OSSi. The zero-order chi connectivity index (χ0) is 36.3. The monoisotopic (exact) mass is 738 g/mol. The van der Waals surface area contributed by atoms with Gasteiger partial charge < -0.3 is 4.42 Å². The predicted octanol–water partition coefficient (Wildman–Crippen LogP) is 10.2. The smallest absolute Gasteiger partial charge is 0.179 e. The summed E-state index contributed by atoms with van der Waals surface area (Å²) in [7, 11) is -2.89. The molecule has 0 radical (unpaired) electrons. The number of imidazole rings is 1. The number of furan rings is 1. The van der Waals surface area contributed by atoms with Crippen molar-refractivity contribution in [2.45, 2.75) is 10.9 Å². The van der Waals surface area contributed by atoms with Gasteiger partial charge in [-0.05, 0) is 67.3 Å². The number of para-hydroxylation sites is 4. The van der Waals surface area contributed by atoms with Gasteiger partial charge in [0.25, 0.3) is 0 Å². The van der Waals surface area contributed by atoms with Crippen LogP contribution in [0.1, 0.15) is 5.56 Å². The summed E-state index contributed by atoms with van der Waals surface area (Å²) in [5.74, 6) is 0.912. The largest absolute Gasteiger partial charge is 0.455 e. The van der Waals surface area contributed by atoms with E-state index in [4.69, 9.17) is 9.40 Å². The maximum atomic E-state index is 6.57. The molecule has 0 fully saturated rings. The van der Waals surface area contributed by atoms with Crippen LogP contribution >= 0.6 is 11.8 Å². The fourth-order valence-corrected chi connectivity index (χ4v) is 14.6. The molecular weight excluding hydrogens is 705 g/mol. The van der Waals surface area contributed by atoms with Crippen LogP contribution in [-0.2, 0) is 5.75 Å². The molecule has 0 bridgehead atoms. The van der Waals surface area contributed by atoms with E-state index in [2.05, 4.69) is 193 Å². The molecule has 11 rings (SSSR count). The van der Waals surface area contributed by atoms with Crippen LogP contribution in [0.5, 0.6) is 0 Å². The first kappa shape index (κ1) is 32.1. The molecule has 3 nitrogen and oxygen atoms in total. The fourth-order valence-electron chi connectivity index (χ4n) is 8.75. The Morgan fingerprint density at radius 2 is 1.13 bits per heavy atom. The normalized spacial score (nSPS) is 12.6. The van der Waals surface area contributed by atoms with E-state index in [9.17, 15) is 0 Å². The zero-order valence-electron chi connectivity index (χ0n) is 29.9. The molecule has 5 heteroatoms. The first-order chi connectivity index (χ1) is 27.3. The van der Waals surface area contributed by atoms with E-state index >= 15 is 0 Å². The highest BCUT2D eigenvalue weighted by Crippen LogP contribution is 2.39. The summed E-state index contributed by atoms with van der Waals surface area (Å²) in [4.78, 5) is 4.98. The molecule has 2 aromatic heterocycles. The molecule has 1 aliphatic rings. The van der Waals surface area contributed by atoms with Crippen LogP contribution in [0.2, 0.25) is 0 Å². The van der Waals surface area contributed by atoms with Crippen molar-refractivity contribution in [1.82, 2.24) is 9.55 Å². The number of hydrogen-bond acceptors (Lipinski definition) is 3. The van der Waals surface area contributed by atoms with Gasteiger partial charge >= 0.3 is 0 Å². The molecule has 8 aromatic carbocycles. The van der Waals surface area contributed by atoms with Gasteiger partial charge in [0.1, 0.15) is 11.2 Å².